The molecule has 0 saturated carbocycles. The van der Waals surface area contributed by atoms with Gasteiger partial charge >= 0.3 is 0 Å². The van der Waals surface area contributed by atoms with Crippen molar-refractivity contribution in [3.8, 4) is 0 Å². The molecule has 2 aliphatic heterocycles. The molecule has 0 radical (unpaired) electrons. The number of sulfonamides is 1. The van der Waals surface area contributed by atoms with E-state index in [1.54, 1.807) is 12.1 Å². The van der Waals surface area contributed by atoms with Crippen LogP contribution in [0.25, 0.3) is 0 Å². The summed E-state index contributed by atoms with van der Waals surface area (Å²) in [4.78, 5) is 0.118. The largest absolute Gasteiger partial charge is 0.398 e. The van der Waals surface area contributed by atoms with Crippen LogP contribution in [0.5, 0.6) is 0 Å². The highest BCUT2D eigenvalue weighted by atomic mass is 79.9. The molecule has 2 heterocycles. The maximum absolute atomic E-state index is 12.8. The molecular weight excluding hydrogens is 360 g/mol. The average molecular weight is 377 g/mol. The number of hydrogen-bond acceptors (Lipinski definition) is 5. The summed E-state index contributed by atoms with van der Waals surface area (Å²) in [7, 11) is -3.66. The van der Waals surface area contributed by atoms with E-state index in [0.717, 1.165) is 0 Å². The first-order valence-corrected chi connectivity index (χ1v) is 8.99. The molecule has 1 aromatic carbocycles. The van der Waals surface area contributed by atoms with Crippen LogP contribution in [0.2, 0.25) is 0 Å². The summed E-state index contributed by atoms with van der Waals surface area (Å²) in [5.74, 6) is -0.786. The first-order valence-electron chi connectivity index (χ1n) is 6.76. The van der Waals surface area contributed by atoms with Gasteiger partial charge in [-0.3, -0.25) is 0 Å². The van der Waals surface area contributed by atoms with E-state index in [1.807, 2.05) is 0 Å². The molecule has 1 spiro atoms. The fourth-order valence-corrected chi connectivity index (χ4v) is 4.93. The molecule has 0 aromatic heterocycles. The van der Waals surface area contributed by atoms with Crippen molar-refractivity contribution in [2.75, 3.05) is 32.0 Å². The Kier molecular flexibility index (Phi) is 4.00. The zero-order chi connectivity index (χ0) is 15.1. The van der Waals surface area contributed by atoms with Gasteiger partial charge in [-0.2, -0.15) is 4.31 Å². The van der Waals surface area contributed by atoms with Gasteiger partial charge < -0.3 is 15.2 Å². The van der Waals surface area contributed by atoms with Gasteiger partial charge in [-0.1, -0.05) is 15.9 Å². The van der Waals surface area contributed by atoms with Crippen LogP contribution >= 0.6 is 15.9 Å². The summed E-state index contributed by atoms with van der Waals surface area (Å²) in [6.07, 6.45) is 1.42. The van der Waals surface area contributed by atoms with Crippen LogP contribution in [-0.4, -0.2) is 44.8 Å². The van der Waals surface area contributed by atoms with Crippen molar-refractivity contribution >= 4 is 31.6 Å². The van der Waals surface area contributed by atoms with Crippen molar-refractivity contribution in [2.45, 2.75) is 23.5 Å². The van der Waals surface area contributed by atoms with Crippen LogP contribution in [0.3, 0.4) is 0 Å². The topological polar surface area (TPSA) is 81.9 Å². The molecule has 0 unspecified atom stereocenters. The number of nitrogens with two attached hydrogens (primary N) is 1. The third-order valence-electron chi connectivity index (χ3n) is 3.79. The molecule has 2 aliphatic rings. The molecule has 2 N–H and O–H groups in total. The van der Waals surface area contributed by atoms with Crippen LogP contribution in [0.15, 0.2) is 27.6 Å². The van der Waals surface area contributed by atoms with Gasteiger partial charge in [-0.15, -0.1) is 0 Å². The van der Waals surface area contributed by atoms with Gasteiger partial charge in [0.15, 0.2) is 5.79 Å². The van der Waals surface area contributed by atoms with Crippen LogP contribution in [0, 0.1) is 0 Å². The van der Waals surface area contributed by atoms with E-state index < -0.39 is 15.8 Å². The van der Waals surface area contributed by atoms with E-state index in [9.17, 15) is 8.42 Å². The van der Waals surface area contributed by atoms with E-state index in [4.69, 9.17) is 15.2 Å². The summed E-state index contributed by atoms with van der Waals surface area (Å²) in [5.41, 5.74) is 6.08. The Bertz CT molecular complexity index is 644. The molecule has 0 atom stereocenters. The minimum absolute atomic E-state index is 0.118. The predicted octanol–water partition coefficient (Wildman–Crippen LogP) is 1.56. The Morgan fingerprint density at radius 2 is 2.00 bits per heavy atom. The van der Waals surface area contributed by atoms with E-state index in [2.05, 4.69) is 15.9 Å². The highest BCUT2D eigenvalue weighted by Crippen LogP contribution is 2.34. The summed E-state index contributed by atoms with van der Waals surface area (Å²) in [5, 5.41) is 0. The van der Waals surface area contributed by atoms with Crippen molar-refractivity contribution in [3.05, 3.63) is 22.7 Å². The molecule has 21 heavy (non-hydrogen) atoms. The Hall–Kier alpha value is -0.670. The quantitative estimate of drug-likeness (QED) is 0.791. The first kappa shape index (κ1) is 15.2. The zero-order valence-electron chi connectivity index (χ0n) is 11.4. The molecule has 3 rings (SSSR count). The van der Waals surface area contributed by atoms with Crippen LogP contribution in [0.4, 0.5) is 5.69 Å². The summed E-state index contributed by atoms with van der Waals surface area (Å²) in [6, 6.07) is 4.83. The summed E-state index contributed by atoms with van der Waals surface area (Å²) < 4.78 is 39.0. The number of piperidine rings is 1. The number of anilines is 1. The fraction of sp³-hybridized carbons (Fsp3) is 0.538. The molecule has 0 bridgehead atoms. The lowest BCUT2D eigenvalue weighted by Gasteiger charge is -2.37. The average Bonchev–Trinajstić information content (AvgIpc) is 2.89. The third kappa shape index (κ3) is 2.83. The van der Waals surface area contributed by atoms with Crippen LogP contribution in [-0.2, 0) is 19.5 Å². The lowest BCUT2D eigenvalue weighted by molar-refractivity contribution is -0.179. The van der Waals surface area contributed by atoms with Crippen LogP contribution in [0.1, 0.15) is 12.8 Å². The lowest BCUT2D eigenvalue weighted by atomic mass is 10.1. The third-order valence-corrected chi connectivity index (χ3v) is 6.18. The van der Waals surface area contributed by atoms with E-state index in [1.165, 1.54) is 10.4 Å². The number of ether oxygens (including phenoxy) is 2. The molecule has 8 heteroatoms. The highest BCUT2D eigenvalue weighted by Gasteiger charge is 2.44. The maximum Gasteiger partial charge on any atom is 0.245 e. The van der Waals surface area contributed by atoms with Crippen molar-refractivity contribution in [3.63, 3.8) is 0 Å². The van der Waals surface area contributed by atoms with Crippen molar-refractivity contribution in [2.24, 2.45) is 0 Å². The summed E-state index contributed by atoms with van der Waals surface area (Å²) in [6.45, 7) is 1.67. The maximum atomic E-state index is 12.8. The lowest BCUT2D eigenvalue weighted by Crippen LogP contribution is -2.50. The molecular formula is C13H17BrN2O4S. The molecule has 116 valence electrons. The van der Waals surface area contributed by atoms with E-state index in [0.29, 0.717) is 37.1 Å². The van der Waals surface area contributed by atoms with Crippen molar-refractivity contribution in [1.82, 2.24) is 4.31 Å². The Morgan fingerprint density at radius 3 is 2.71 bits per heavy atom. The van der Waals surface area contributed by atoms with Crippen molar-refractivity contribution < 1.29 is 17.9 Å². The molecule has 2 fully saturated rings. The number of benzene rings is 1. The smallest absolute Gasteiger partial charge is 0.245 e. The minimum Gasteiger partial charge on any atom is -0.398 e. The van der Waals surface area contributed by atoms with Crippen LogP contribution < -0.4 is 5.73 Å². The zero-order valence-corrected chi connectivity index (χ0v) is 13.8. The fourth-order valence-electron chi connectivity index (χ4n) is 2.76. The van der Waals surface area contributed by atoms with Gasteiger partial charge in [0.25, 0.3) is 0 Å². The van der Waals surface area contributed by atoms with E-state index in [-0.39, 0.29) is 17.1 Å². The second-order valence-electron chi connectivity index (χ2n) is 5.23. The number of hydrogen-bond donors (Lipinski definition) is 1. The van der Waals surface area contributed by atoms with Crippen molar-refractivity contribution in [1.29, 1.82) is 0 Å². The molecule has 6 nitrogen and oxygen atoms in total. The predicted molar refractivity (Wildman–Crippen MR) is 81.2 cm³/mol. The normalized spacial score (nSPS) is 22.7. The van der Waals surface area contributed by atoms with Gasteiger partial charge in [0, 0.05) is 17.4 Å². The molecule has 2 saturated heterocycles. The SMILES string of the molecule is Nc1ccc(Br)cc1S(=O)(=O)N1CCCC2(C1)OCCO2. The van der Waals surface area contributed by atoms with Gasteiger partial charge in [0.05, 0.1) is 25.4 Å². The molecule has 0 amide bonds. The number of nitrogen functional groups attached to an aromatic ring is 1. The van der Waals surface area contributed by atoms with Gasteiger partial charge in [-0.25, -0.2) is 8.42 Å². The molecule has 0 aliphatic carbocycles. The van der Waals surface area contributed by atoms with Gasteiger partial charge in [-0.05, 0) is 24.6 Å². The minimum atomic E-state index is -3.66. The monoisotopic (exact) mass is 376 g/mol. The van der Waals surface area contributed by atoms with Gasteiger partial charge in [0.1, 0.15) is 4.90 Å². The highest BCUT2D eigenvalue weighted by molar-refractivity contribution is 9.10. The standard InChI is InChI=1S/C13H17BrN2O4S/c14-10-2-3-11(15)12(8-10)21(17,18)16-5-1-4-13(9-16)19-6-7-20-13/h2-3,8H,1,4-7,9,15H2. The number of halogens is 1. The number of rotatable bonds is 2. The Balaban J connectivity index is 1.92. The summed E-state index contributed by atoms with van der Waals surface area (Å²) >= 11 is 3.28. The first-order chi connectivity index (χ1) is 9.93. The Morgan fingerprint density at radius 1 is 1.29 bits per heavy atom. The second kappa shape index (κ2) is 5.51. The number of nitrogens with zero attached hydrogens (tertiary/aromatic N) is 1. The Labute approximate surface area is 132 Å². The van der Waals surface area contributed by atoms with E-state index >= 15 is 0 Å². The van der Waals surface area contributed by atoms with Gasteiger partial charge in [0.2, 0.25) is 10.0 Å². The molecule has 1 aromatic rings. The second-order valence-corrected chi connectivity index (χ2v) is 8.05.